The van der Waals surface area contributed by atoms with Crippen LogP contribution in [0.25, 0.3) is 5.57 Å². The van der Waals surface area contributed by atoms with E-state index in [9.17, 15) is 10.2 Å². The minimum atomic E-state index is 0.234. The molecule has 0 saturated heterocycles. The number of rotatable bonds is 10. The van der Waals surface area contributed by atoms with E-state index >= 15 is 0 Å². The molecule has 6 heteroatoms. The molecule has 2 N–H and O–H groups in total. The first kappa shape index (κ1) is 24.3. The van der Waals surface area contributed by atoms with Crippen molar-refractivity contribution in [3.63, 3.8) is 0 Å². The van der Waals surface area contributed by atoms with Crippen molar-refractivity contribution in [3.05, 3.63) is 63.7 Å². The van der Waals surface area contributed by atoms with Crippen molar-refractivity contribution in [2.24, 2.45) is 0 Å². The number of ether oxygens (including phenoxy) is 4. The Morgan fingerprint density at radius 1 is 0.719 bits per heavy atom. The quantitative estimate of drug-likeness (QED) is 0.537. The SMILES string of the molecule is COCc1cc(C2=CCCC(c3cc(COC)c(O)c(COC)c3)C2)cc(COC)c1O. The van der Waals surface area contributed by atoms with E-state index in [1.165, 1.54) is 11.1 Å². The molecule has 0 fully saturated rings. The molecule has 0 spiro atoms. The van der Waals surface area contributed by atoms with Crippen LogP contribution in [0.15, 0.2) is 30.3 Å². The van der Waals surface area contributed by atoms with Gasteiger partial charge in [-0.3, -0.25) is 0 Å². The van der Waals surface area contributed by atoms with Gasteiger partial charge in [-0.15, -0.1) is 0 Å². The van der Waals surface area contributed by atoms with E-state index in [0.29, 0.717) is 32.3 Å². The molecular weight excluding hydrogens is 408 g/mol. The number of phenols is 2. The molecule has 3 rings (SSSR count). The predicted octanol–water partition coefficient (Wildman–Crippen LogP) is 5.03. The van der Waals surface area contributed by atoms with Gasteiger partial charge in [0.15, 0.2) is 0 Å². The maximum absolute atomic E-state index is 10.6. The second-order valence-electron chi connectivity index (χ2n) is 8.27. The fraction of sp³-hybridized carbons (Fsp3) is 0.462. The van der Waals surface area contributed by atoms with Crippen molar-refractivity contribution in [1.82, 2.24) is 0 Å². The van der Waals surface area contributed by atoms with Gasteiger partial charge < -0.3 is 29.2 Å². The Morgan fingerprint density at radius 2 is 1.16 bits per heavy atom. The largest absolute Gasteiger partial charge is 0.507 e. The van der Waals surface area contributed by atoms with E-state index in [0.717, 1.165) is 47.1 Å². The van der Waals surface area contributed by atoms with E-state index in [1.807, 2.05) is 12.1 Å². The first-order chi connectivity index (χ1) is 15.5. The summed E-state index contributed by atoms with van der Waals surface area (Å²) in [7, 11) is 6.50. The molecule has 0 heterocycles. The van der Waals surface area contributed by atoms with E-state index in [-0.39, 0.29) is 11.5 Å². The predicted molar refractivity (Wildman–Crippen MR) is 124 cm³/mol. The Morgan fingerprint density at radius 3 is 1.59 bits per heavy atom. The molecular formula is C26H34O6. The molecule has 0 radical (unpaired) electrons. The molecule has 1 atom stereocenters. The fourth-order valence-corrected chi connectivity index (χ4v) is 4.46. The summed E-state index contributed by atoms with van der Waals surface area (Å²) < 4.78 is 21.2. The third-order valence-electron chi connectivity index (χ3n) is 5.97. The summed E-state index contributed by atoms with van der Waals surface area (Å²) >= 11 is 0. The fourth-order valence-electron chi connectivity index (χ4n) is 4.46. The zero-order valence-electron chi connectivity index (χ0n) is 19.4. The lowest BCUT2D eigenvalue weighted by molar-refractivity contribution is 0.174. The molecule has 6 nitrogen and oxygen atoms in total. The Hall–Kier alpha value is -2.38. The normalized spacial score (nSPS) is 16.2. The van der Waals surface area contributed by atoms with Crippen LogP contribution in [-0.4, -0.2) is 38.7 Å². The zero-order valence-corrected chi connectivity index (χ0v) is 19.4. The molecule has 1 unspecified atom stereocenters. The van der Waals surface area contributed by atoms with Gasteiger partial charge in [-0.25, -0.2) is 0 Å². The standard InChI is InChI=1S/C26H34O6/c1-29-13-21-9-19(10-22(14-30-2)25(21)27)17-6-5-7-18(8-17)20-11-23(15-31-3)26(28)24(12-20)16-32-4/h6,9-12,18,27-28H,5,7-8,13-16H2,1-4H3. The highest BCUT2D eigenvalue weighted by Crippen LogP contribution is 2.41. The molecule has 0 amide bonds. The maximum Gasteiger partial charge on any atom is 0.126 e. The van der Waals surface area contributed by atoms with Crippen LogP contribution in [0.3, 0.4) is 0 Å². The van der Waals surface area contributed by atoms with Gasteiger partial charge in [0, 0.05) is 50.7 Å². The zero-order chi connectivity index (χ0) is 23.1. The number of methoxy groups -OCH3 is 4. The van der Waals surface area contributed by atoms with Gasteiger partial charge in [0.1, 0.15) is 11.5 Å². The van der Waals surface area contributed by atoms with Crippen molar-refractivity contribution in [3.8, 4) is 11.5 Å². The molecule has 1 aliphatic carbocycles. The summed E-state index contributed by atoms with van der Waals surface area (Å²) in [6.45, 7) is 1.38. The van der Waals surface area contributed by atoms with Crippen molar-refractivity contribution in [1.29, 1.82) is 0 Å². The second kappa shape index (κ2) is 11.5. The molecule has 0 saturated carbocycles. The van der Waals surface area contributed by atoms with Crippen molar-refractivity contribution >= 4 is 5.57 Å². The Balaban J connectivity index is 1.94. The summed E-state index contributed by atoms with van der Waals surface area (Å²) in [5.74, 6) is 0.792. The highest BCUT2D eigenvalue weighted by atomic mass is 16.5. The number of hydrogen-bond acceptors (Lipinski definition) is 6. The highest BCUT2D eigenvalue weighted by Gasteiger charge is 2.22. The lowest BCUT2D eigenvalue weighted by Crippen LogP contribution is -2.08. The van der Waals surface area contributed by atoms with Gasteiger partial charge in [0.2, 0.25) is 0 Å². The third kappa shape index (κ3) is 5.51. The summed E-state index contributed by atoms with van der Waals surface area (Å²) in [6.07, 6.45) is 5.14. The first-order valence-electron chi connectivity index (χ1n) is 10.9. The number of benzene rings is 2. The van der Waals surface area contributed by atoms with Crippen LogP contribution in [0, 0.1) is 0 Å². The number of allylic oxidation sites excluding steroid dienone is 2. The van der Waals surface area contributed by atoms with Crippen LogP contribution in [0.4, 0.5) is 0 Å². The molecule has 174 valence electrons. The Kier molecular flexibility index (Phi) is 8.70. The maximum atomic E-state index is 10.6. The van der Waals surface area contributed by atoms with Gasteiger partial charge in [0.05, 0.1) is 26.4 Å². The van der Waals surface area contributed by atoms with Crippen LogP contribution < -0.4 is 0 Å². The minimum absolute atomic E-state index is 0.234. The highest BCUT2D eigenvalue weighted by molar-refractivity contribution is 5.70. The third-order valence-corrected chi connectivity index (χ3v) is 5.97. The van der Waals surface area contributed by atoms with E-state index in [1.54, 1.807) is 28.4 Å². The summed E-state index contributed by atoms with van der Waals surface area (Å²) in [5, 5.41) is 21.1. The van der Waals surface area contributed by atoms with Gasteiger partial charge in [-0.2, -0.15) is 0 Å². The smallest absolute Gasteiger partial charge is 0.126 e. The molecule has 1 aliphatic rings. The molecule has 0 bridgehead atoms. The molecule has 0 aliphatic heterocycles. The molecule has 0 aromatic heterocycles. The van der Waals surface area contributed by atoms with Gasteiger partial charge in [-0.05, 0) is 66.1 Å². The summed E-state index contributed by atoms with van der Waals surface area (Å²) in [4.78, 5) is 0. The van der Waals surface area contributed by atoms with Crippen LogP contribution in [-0.2, 0) is 45.4 Å². The lowest BCUT2D eigenvalue weighted by Gasteiger charge is -2.26. The molecule has 2 aromatic carbocycles. The van der Waals surface area contributed by atoms with Crippen molar-refractivity contribution in [2.45, 2.75) is 51.6 Å². The van der Waals surface area contributed by atoms with E-state index in [2.05, 4.69) is 18.2 Å². The van der Waals surface area contributed by atoms with Crippen LogP contribution in [0.5, 0.6) is 11.5 Å². The van der Waals surface area contributed by atoms with Crippen LogP contribution in [0.2, 0.25) is 0 Å². The number of hydrogen-bond donors (Lipinski definition) is 2. The lowest BCUT2D eigenvalue weighted by atomic mass is 9.80. The van der Waals surface area contributed by atoms with Gasteiger partial charge in [-0.1, -0.05) is 6.08 Å². The average molecular weight is 443 g/mol. The first-order valence-corrected chi connectivity index (χ1v) is 10.9. The molecule has 32 heavy (non-hydrogen) atoms. The van der Waals surface area contributed by atoms with Crippen LogP contribution >= 0.6 is 0 Å². The average Bonchev–Trinajstić information content (AvgIpc) is 2.79. The Labute approximate surface area is 190 Å². The second-order valence-corrected chi connectivity index (χ2v) is 8.27. The summed E-state index contributed by atoms with van der Waals surface area (Å²) in [5.41, 5.74) is 6.58. The number of aromatic hydroxyl groups is 2. The number of phenolic OH excluding ortho intramolecular Hbond substituents is 2. The van der Waals surface area contributed by atoms with Gasteiger partial charge >= 0.3 is 0 Å². The van der Waals surface area contributed by atoms with E-state index in [4.69, 9.17) is 18.9 Å². The van der Waals surface area contributed by atoms with E-state index < -0.39 is 0 Å². The van der Waals surface area contributed by atoms with Crippen molar-refractivity contribution in [2.75, 3.05) is 28.4 Å². The molecule has 2 aromatic rings. The Bertz CT molecular complexity index is 895. The van der Waals surface area contributed by atoms with Crippen molar-refractivity contribution < 1.29 is 29.2 Å². The van der Waals surface area contributed by atoms with Crippen LogP contribution in [0.1, 0.15) is 58.6 Å². The van der Waals surface area contributed by atoms with Gasteiger partial charge in [0.25, 0.3) is 0 Å². The summed E-state index contributed by atoms with van der Waals surface area (Å²) in [6, 6.07) is 8.12. The monoisotopic (exact) mass is 442 g/mol. The minimum Gasteiger partial charge on any atom is -0.507 e. The topological polar surface area (TPSA) is 77.4 Å².